The zero-order chi connectivity index (χ0) is 11.6. The van der Waals surface area contributed by atoms with Crippen molar-refractivity contribution in [3.05, 3.63) is 35.6 Å². The van der Waals surface area contributed by atoms with E-state index in [1.54, 1.807) is 12.1 Å². The summed E-state index contributed by atoms with van der Waals surface area (Å²) in [5.74, 6) is -0.152. The molecule has 1 N–H and O–H groups in total. The number of piperazine rings is 1. The second-order valence-electron chi connectivity index (χ2n) is 4.81. The number of hydrogen-bond donors (Lipinski definition) is 1. The minimum absolute atomic E-state index is 0.0931. The summed E-state index contributed by atoms with van der Waals surface area (Å²) in [6, 6.07) is 6.93. The molecule has 1 aromatic carbocycles. The maximum Gasteiger partial charge on any atom is 0.123 e. The lowest BCUT2D eigenvalue weighted by Gasteiger charge is -2.41. The molecule has 1 fully saturated rings. The van der Waals surface area contributed by atoms with E-state index in [1.807, 2.05) is 6.07 Å². The highest BCUT2D eigenvalue weighted by molar-refractivity contribution is 5.24. The minimum Gasteiger partial charge on any atom is -0.314 e. The molecular weight excluding hydrogens is 203 g/mol. The number of rotatable bonds is 2. The quantitative estimate of drug-likeness (QED) is 0.823. The first-order chi connectivity index (χ1) is 7.60. The van der Waals surface area contributed by atoms with Crippen LogP contribution in [-0.2, 0) is 5.54 Å². The van der Waals surface area contributed by atoms with E-state index >= 15 is 0 Å². The lowest BCUT2D eigenvalue weighted by Crippen LogP contribution is -2.51. The summed E-state index contributed by atoms with van der Waals surface area (Å²) < 4.78 is 13.2. The van der Waals surface area contributed by atoms with Gasteiger partial charge in [0.15, 0.2) is 0 Å². The van der Waals surface area contributed by atoms with Crippen LogP contribution < -0.4 is 5.32 Å². The van der Waals surface area contributed by atoms with E-state index in [0.717, 1.165) is 31.7 Å². The molecule has 1 saturated heterocycles. The third-order valence-corrected chi connectivity index (χ3v) is 3.44. The van der Waals surface area contributed by atoms with Crippen molar-refractivity contribution in [2.24, 2.45) is 0 Å². The van der Waals surface area contributed by atoms with Gasteiger partial charge < -0.3 is 5.32 Å². The van der Waals surface area contributed by atoms with Gasteiger partial charge in [0.2, 0.25) is 0 Å². The van der Waals surface area contributed by atoms with E-state index in [1.165, 1.54) is 6.07 Å². The molecule has 88 valence electrons. The molecule has 0 radical (unpaired) electrons. The van der Waals surface area contributed by atoms with E-state index in [2.05, 4.69) is 24.1 Å². The monoisotopic (exact) mass is 222 g/mol. The molecule has 16 heavy (non-hydrogen) atoms. The van der Waals surface area contributed by atoms with Gasteiger partial charge in [-0.2, -0.15) is 0 Å². The number of hydrogen-bond acceptors (Lipinski definition) is 2. The van der Waals surface area contributed by atoms with Crippen LogP contribution in [0.1, 0.15) is 19.4 Å². The molecular formula is C13H19FN2. The highest BCUT2D eigenvalue weighted by Crippen LogP contribution is 2.28. The summed E-state index contributed by atoms with van der Waals surface area (Å²) in [7, 11) is 0. The van der Waals surface area contributed by atoms with E-state index in [4.69, 9.17) is 0 Å². The molecule has 0 atom stereocenters. The minimum atomic E-state index is -0.152. The Kier molecular flexibility index (Phi) is 3.26. The Hall–Kier alpha value is -0.930. The number of nitrogens with one attached hydrogen (secondary N) is 1. The van der Waals surface area contributed by atoms with Crippen molar-refractivity contribution in [1.82, 2.24) is 10.2 Å². The third-order valence-electron chi connectivity index (χ3n) is 3.44. The zero-order valence-corrected chi connectivity index (χ0v) is 9.96. The van der Waals surface area contributed by atoms with Crippen molar-refractivity contribution in [3.63, 3.8) is 0 Å². The lowest BCUT2D eigenvalue weighted by atomic mass is 9.91. The second-order valence-corrected chi connectivity index (χ2v) is 4.81. The van der Waals surface area contributed by atoms with Crippen LogP contribution >= 0.6 is 0 Å². The molecule has 0 aliphatic carbocycles. The average Bonchev–Trinajstić information content (AvgIpc) is 2.30. The zero-order valence-electron chi connectivity index (χ0n) is 9.96. The Labute approximate surface area is 96.5 Å². The maximum atomic E-state index is 13.2. The summed E-state index contributed by atoms with van der Waals surface area (Å²) in [6.07, 6.45) is 0. The topological polar surface area (TPSA) is 15.3 Å². The Morgan fingerprint density at radius 3 is 2.56 bits per heavy atom. The Balaban J connectivity index is 2.22. The molecule has 1 aliphatic heterocycles. The van der Waals surface area contributed by atoms with Gasteiger partial charge in [0, 0.05) is 31.7 Å². The van der Waals surface area contributed by atoms with Gasteiger partial charge in [-0.15, -0.1) is 0 Å². The van der Waals surface area contributed by atoms with Crippen molar-refractivity contribution >= 4 is 0 Å². The van der Waals surface area contributed by atoms with Gasteiger partial charge in [-0.25, -0.2) is 4.39 Å². The van der Waals surface area contributed by atoms with Crippen LogP contribution in [0.5, 0.6) is 0 Å². The van der Waals surface area contributed by atoms with Crippen molar-refractivity contribution < 1.29 is 4.39 Å². The predicted octanol–water partition coefficient (Wildman–Crippen LogP) is 1.97. The number of nitrogens with zero attached hydrogens (tertiary/aromatic N) is 1. The summed E-state index contributed by atoms with van der Waals surface area (Å²) in [5.41, 5.74) is 0.957. The highest BCUT2D eigenvalue weighted by atomic mass is 19.1. The van der Waals surface area contributed by atoms with Crippen LogP contribution in [0.4, 0.5) is 4.39 Å². The fourth-order valence-corrected chi connectivity index (χ4v) is 2.28. The van der Waals surface area contributed by atoms with Crippen LogP contribution in [0, 0.1) is 5.82 Å². The summed E-state index contributed by atoms with van der Waals surface area (Å²) in [4.78, 5) is 2.40. The van der Waals surface area contributed by atoms with Gasteiger partial charge in [0.1, 0.15) is 5.82 Å². The van der Waals surface area contributed by atoms with Gasteiger partial charge in [-0.1, -0.05) is 12.1 Å². The summed E-state index contributed by atoms with van der Waals surface area (Å²) in [5, 5.41) is 3.33. The summed E-state index contributed by atoms with van der Waals surface area (Å²) in [6.45, 7) is 8.38. The molecule has 1 aromatic rings. The second kappa shape index (κ2) is 4.52. The largest absolute Gasteiger partial charge is 0.314 e. The van der Waals surface area contributed by atoms with E-state index in [9.17, 15) is 4.39 Å². The highest BCUT2D eigenvalue weighted by Gasteiger charge is 2.29. The molecule has 1 aliphatic rings. The van der Waals surface area contributed by atoms with Crippen LogP contribution in [0.3, 0.4) is 0 Å². The first-order valence-electron chi connectivity index (χ1n) is 5.82. The van der Waals surface area contributed by atoms with E-state index in [0.29, 0.717) is 0 Å². The van der Waals surface area contributed by atoms with Crippen molar-refractivity contribution in [1.29, 1.82) is 0 Å². The summed E-state index contributed by atoms with van der Waals surface area (Å²) >= 11 is 0. The maximum absolute atomic E-state index is 13.2. The average molecular weight is 222 g/mol. The standard InChI is InChI=1S/C13H19FN2/c1-13(2,16-8-6-15-7-9-16)11-4-3-5-12(14)10-11/h3-5,10,15H,6-9H2,1-2H3. The van der Waals surface area contributed by atoms with Crippen LogP contribution in [0.25, 0.3) is 0 Å². The molecule has 2 nitrogen and oxygen atoms in total. The SMILES string of the molecule is CC(C)(c1cccc(F)c1)N1CCNCC1. The Bertz CT molecular complexity index is 357. The molecule has 0 aromatic heterocycles. The van der Waals surface area contributed by atoms with Crippen LogP contribution in [-0.4, -0.2) is 31.1 Å². The van der Waals surface area contributed by atoms with Gasteiger partial charge >= 0.3 is 0 Å². The molecule has 0 amide bonds. The molecule has 0 unspecified atom stereocenters. The molecule has 0 bridgehead atoms. The predicted molar refractivity (Wildman–Crippen MR) is 63.9 cm³/mol. The third kappa shape index (κ3) is 2.25. The molecule has 2 rings (SSSR count). The lowest BCUT2D eigenvalue weighted by molar-refractivity contribution is 0.102. The van der Waals surface area contributed by atoms with Crippen LogP contribution in [0.2, 0.25) is 0 Å². The number of benzene rings is 1. The normalized spacial score (nSPS) is 18.7. The van der Waals surface area contributed by atoms with Gasteiger partial charge in [0.25, 0.3) is 0 Å². The van der Waals surface area contributed by atoms with E-state index in [-0.39, 0.29) is 11.4 Å². The van der Waals surface area contributed by atoms with Gasteiger partial charge in [-0.3, -0.25) is 4.90 Å². The molecule has 3 heteroatoms. The van der Waals surface area contributed by atoms with E-state index < -0.39 is 0 Å². The molecule has 0 spiro atoms. The van der Waals surface area contributed by atoms with Crippen molar-refractivity contribution in [2.45, 2.75) is 19.4 Å². The first kappa shape index (κ1) is 11.6. The first-order valence-corrected chi connectivity index (χ1v) is 5.82. The van der Waals surface area contributed by atoms with Gasteiger partial charge in [0.05, 0.1) is 0 Å². The number of halogens is 1. The Morgan fingerprint density at radius 2 is 1.94 bits per heavy atom. The molecule has 0 saturated carbocycles. The Morgan fingerprint density at radius 1 is 1.25 bits per heavy atom. The van der Waals surface area contributed by atoms with Crippen LogP contribution in [0.15, 0.2) is 24.3 Å². The van der Waals surface area contributed by atoms with Crippen molar-refractivity contribution in [3.8, 4) is 0 Å². The fraction of sp³-hybridized carbons (Fsp3) is 0.538. The fourth-order valence-electron chi connectivity index (χ4n) is 2.28. The molecule has 1 heterocycles. The smallest absolute Gasteiger partial charge is 0.123 e. The van der Waals surface area contributed by atoms with Gasteiger partial charge in [-0.05, 0) is 31.5 Å². The van der Waals surface area contributed by atoms with Crippen molar-refractivity contribution in [2.75, 3.05) is 26.2 Å².